The number of thiazole rings is 1. The van der Waals surface area contributed by atoms with E-state index in [2.05, 4.69) is 49.7 Å². The molecule has 2 heterocycles. The highest BCUT2D eigenvalue weighted by Crippen LogP contribution is 2.32. The molecule has 0 aliphatic rings. The zero-order valence-corrected chi connectivity index (χ0v) is 21.9. The summed E-state index contributed by atoms with van der Waals surface area (Å²) < 4.78 is 41.0. The van der Waals surface area contributed by atoms with Crippen LogP contribution in [0.5, 0.6) is 0 Å². The van der Waals surface area contributed by atoms with Gasteiger partial charge in [-0.1, -0.05) is 42.5 Å². The summed E-state index contributed by atoms with van der Waals surface area (Å²) in [7, 11) is 0. The van der Waals surface area contributed by atoms with Crippen molar-refractivity contribution in [3.8, 4) is 5.69 Å². The molecule has 6 nitrogen and oxygen atoms in total. The maximum Gasteiger partial charge on any atom is 0.416 e. The number of nitrogens with one attached hydrogen (secondary N) is 2. The van der Waals surface area contributed by atoms with Crippen LogP contribution in [-0.2, 0) is 17.4 Å². The van der Waals surface area contributed by atoms with E-state index in [-0.39, 0.29) is 18.0 Å². The van der Waals surface area contributed by atoms with Crippen molar-refractivity contribution in [3.63, 3.8) is 0 Å². The summed E-state index contributed by atoms with van der Waals surface area (Å²) in [5.74, 6) is -0.356. The summed E-state index contributed by atoms with van der Waals surface area (Å²) in [5, 5.41) is 11.4. The number of amides is 1. The Bertz CT molecular complexity index is 1680. The fourth-order valence-electron chi connectivity index (χ4n) is 4.41. The third kappa shape index (κ3) is 5.85. The van der Waals surface area contributed by atoms with Crippen LogP contribution >= 0.6 is 11.3 Å². The highest BCUT2D eigenvalue weighted by molar-refractivity contribution is 7.13. The Morgan fingerprint density at radius 1 is 1.05 bits per heavy atom. The first-order chi connectivity index (χ1) is 18.7. The van der Waals surface area contributed by atoms with Gasteiger partial charge in [0.25, 0.3) is 0 Å². The molecule has 10 heteroatoms. The van der Waals surface area contributed by atoms with Crippen LogP contribution in [0, 0.1) is 13.8 Å². The second-order valence-electron chi connectivity index (χ2n) is 8.98. The second kappa shape index (κ2) is 10.7. The molecule has 0 unspecified atom stereocenters. The number of fused-ring (bicyclic) bond motifs is 1. The van der Waals surface area contributed by atoms with Crippen molar-refractivity contribution < 1.29 is 18.0 Å². The average molecular weight is 548 g/mol. The molecule has 2 aromatic heterocycles. The number of aryl methyl sites for hydroxylation is 1. The number of aromatic nitrogens is 2. The second-order valence-corrected chi connectivity index (χ2v) is 9.84. The average Bonchev–Trinajstić information content (AvgIpc) is 3.45. The van der Waals surface area contributed by atoms with Gasteiger partial charge in [-0.25, -0.2) is 10.4 Å². The molecule has 0 saturated carbocycles. The Labute approximate surface area is 226 Å². The first kappa shape index (κ1) is 26.2. The van der Waals surface area contributed by atoms with E-state index in [0.717, 1.165) is 45.5 Å². The van der Waals surface area contributed by atoms with E-state index in [1.54, 1.807) is 11.6 Å². The van der Waals surface area contributed by atoms with Crippen molar-refractivity contribution in [1.82, 2.24) is 15.0 Å². The number of nitrogens with zero attached hydrogens (tertiary/aromatic N) is 3. The van der Waals surface area contributed by atoms with E-state index in [1.807, 2.05) is 38.1 Å². The van der Waals surface area contributed by atoms with E-state index < -0.39 is 11.7 Å². The molecule has 0 saturated heterocycles. The Morgan fingerprint density at radius 3 is 2.64 bits per heavy atom. The molecule has 0 aliphatic heterocycles. The van der Waals surface area contributed by atoms with Gasteiger partial charge >= 0.3 is 6.18 Å². The van der Waals surface area contributed by atoms with Crippen LogP contribution in [0.3, 0.4) is 0 Å². The summed E-state index contributed by atoms with van der Waals surface area (Å²) in [4.78, 5) is 16.7. The van der Waals surface area contributed by atoms with Crippen molar-refractivity contribution in [2.24, 2.45) is 5.10 Å². The zero-order valence-electron chi connectivity index (χ0n) is 21.1. The van der Waals surface area contributed by atoms with Crippen molar-refractivity contribution in [2.45, 2.75) is 26.4 Å². The molecule has 0 radical (unpaired) electrons. The quantitative estimate of drug-likeness (QED) is 0.168. The SMILES string of the molecule is Cc1cc(/C=N\NC(=O)Cc2csc(Nc3cccc(C(F)(F)F)c3)n2)c(C)n1-c1cccc2ccccc12. The third-order valence-electron chi connectivity index (χ3n) is 6.21. The number of carbonyl (C=O) groups excluding carboxylic acids is 1. The molecule has 0 fully saturated rings. The van der Waals surface area contributed by atoms with Gasteiger partial charge in [0.05, 0.1) is 29.6 Å². The van der Waals surface area contributed by atoms with Crippen LogP contribution in [0.15, 0.2) is 83.3 Å². The van der Waals surface area contributed by atoms with Crippen molar-refractivity contribution in [2.75, 3.05) is 5.32 Å². The van der Waals surface area contributed by atoms with Gasteiger partial charge in [-0.3, -0.25) is 4.79 Å². The topological polar surface area (TPSA) is 71.3 Å². The molecule has 5 aromatic rings. The number of halogens is 3. The monoisotopic (exact) mass is 547 g/mol. The van der Waals surface area contributed by atoms with Crippen molar-refractivity contribution in [1.29, 1.82) is 0 Å². The van der Waals surface area contributed by atoms with Crippen LogP contribution in [-0.4, -0.2) is 21.7 Å². The molecule has 0 bridgehead atoms. The largest absolute Gasteiger partial charge is 0.416 e. The molecule has 0 spiro atoms. The Kier molecular flexibility index (Phi) is 7.21. The maximum absolute atomic E-state index is 12.9. The number of alkyl halides is 3. The van der Waals surface area contributed by atoms with Gasteiger partial charge in [-0.05, 0) is 49.6 Å². The van der Waals surface area contributed by atoms with Crippen LogP contribution in [0.2, 0.25) is 0 Å². The smallest absolute Gasteiger partial charge is 0.332 e. The van der Waals surface area contributed by atoms with Crippen molar-refractivity contribution >= 4 is 45.0 Å². The van der Waals surface area contributed by atoms with Crippen LogP contribution in [0.1, 0.15) is 28.2 Å². The Hall–Kier alpha value is -4.44. The van der Waals surface area contributed by atoms with Gasteiger partial charge in [0.15, 0.2) is 5.13 Å². The first-order valence-electron chi connectivity index (χ1n) is 12.1. The number of hydrazone groups is 1. The summed E-state index contributed by atoms with van der Waals surface area (Å²) in [6, 6.07) is 21.3. The fourth-order valence-corrected chi connectivity index (χ4v) is 5.14. The maximum atomic E-state index is 12.9. The molecule has 1 amide bonds. The normalized spacial score (nSPS) is 11.8. The lowest BCUT2D eigenvalue weighted by atomic mass is 10.1. The molecule has 5 rings (SSSR count). The summed E-state index contributed by atoms with van der Waals surface area (Å²) in [6.07, 6.45) is -2.84. The molecule has 2 N–H and O–H groups in total. The zero-order chi connectivity index (χ0) is 27.6. The van der Waals surface area contributed by atoms with Crippen LogP contribution in [0.4, 0.5) is 24.0 Å². The van der Waals surface area contributed by atoms with E-state index in [9.17, 15) is 18.0 Å². The minimum absolute atomic E-state index is 0.0207. The number of benzene rings is 3. The number of hydrogen-bond acceptors (Lipinski definition) is 5. The van der Waals surface area contributed by atoms with Crippen LogP contribution < -0.4 is 10.7 Å². The number of anilines is 2. The highest BCUT2D eigenvalue weighted by Gasteiger charge is 2.30. The summed E-state index contributed by atoms with van der Waals surface area (Å²) in [5.41, 5.74) is 6.51. The summed E-state index contributed by atoms with van der Waals surface area (Å²) in [6.45, 7) is 4.03. The van der Waals surface area contributed by atoms with Gasteiger partial charge in [-0.2, -0.15) is 18.3 Å². The Morgan fingerprint density at radius 2 is 1.82 bits per heavy atom. The molecule has 198 valence electrons. The lowest BCUT2D eigenvalue weighted by Crippen LogP contribution is -2.20. The van der Waals surface area contributed by atoms with Gasteiger partial charge in [-0.15, -0.1) is 11.3 Å². The number of rotatable bonds is 7. The summed E-state index contributed by atoms with van der Waals surface area (Å²) >= 11 is 1.20. The van der Waals surface area contributed by atoms with E-state index >= 15 is 0 Å². The molecule has 0 atom stereocenters. The van der Waals surface area contributed by atoms with Crippen LogP contribution in [0.25, 0.3) is 16.5 Å². The lowest BCUT2D eigenvalue weighted by Gasteiger charge is -2.12. The van der Waals surface area contributed by atoms with E-state index in [0.29, 0.717) is 10.8 Å². The molecular weight excluding hydrogens is 523 g/mol. The van der Waals surface area contributed by atoms with E-state index in [4.69, 9.17) is 0 Å². The van der Waals surface area contributed by atoms with E-state index in [1.165, 1.54) is 23.5 Å². The predicted octanol–water partition coefficient (Wildman–Crippen LogP) is 7.16. The molecular formula is C29H24F3N5OS. The third-order valence-corrected chi connectivity index (χ3v) is 7.01. The number of hydrogen-bond donors (Lipinski definition) is 2. The van der Waals surface area contributed by atoms with Gasteiger partial charge in [0.2, 0.25) is 5.91 Å². The molecule has 39 heavy (non-hydrogen) atoms. The molecule has 0 aliphatic carbocycles. The minimum atomic E-state index is -4.43. The standard InChI is InChI=1S/C29H24F3N5OS/c1-18-13-21(19(2)37(18)26-12-5-8-20-7-3-4-11-25(20)26)16-33-36-27(38)15-24-17-39-28(35-24)34-23-10-6-9-22(14-23)29(30,31)32/h3-14,16-17H,15H2,1-2H3,(H,34,35)(H,36,38)/b33-16-. The highest BCUT2D eigenvalue weighted by atomic mass is 32.1. The number of carbonyl (C=O) groups is 1. The van der Waals surface area contributed by atoms with Gasteiger partial charge in [0, 0.05) is 33.4 Å². The minimum Gasteiger partial charge on any atom is -0.332 e. The Balaban J connectivity index is 1.23. The predicted molar refractivity (Wildman–Crippen MR) is 149 cm³/mol. The van der Waals surface area contributed by atoms with Gasteiger partial charge in [0.1, 0.15) is 0 Å². The molecule has 3 aromatic carbocycles. The first-order valence-corrected chi connectivity index (χ1v) is 12.9. The fraction of sp³-hybridized carbons (Fsp3) is 0.138. The van der Waals surface area contributed by atoms with Crippen molar-refractivity contribution in [3.05, 3.63) is 106 Å². The lowest BCUT2D eigenvalue weighted by molar-refractivity contribution is -0.137. The van der Waals surface area contributed by atoms with Gasteiger partial charge < -0.3 is 9.88 Å².